The van der Waals surface area contributed by atoms with E-state index in [9.17, 15) is 20.4 Å². The van der Waals surface area contributed by atoms with E-state index in [0.29, 0.717) is 108 Å². The van der Waals surface area contributed by atoms with Crippen molar-refractivity contribution in [1.82, 2.24) is 14.9 Å². The summed E-state index contributed by atoms with van der Waals surface area (Å²) in [5, 5.41) is 55.7. The Kier molecular flexibility index (Phi) is 16.3. The van der Waals surface area contributed by atoms with Crippen LogP contribution >= 0.6 is 0 Å². The highest BCUT2D eigenvalue weighted by atomic mass is 16.6. The van der Waals surface area contributed by atoms with Crippen molar-refractivity contribution < 1.29 is 44.3 Å². The van der Waals surface area contributed by atoms with E-state index in [4.69, 9.17) is 9.47 Å². The number of allylic oxidation sites excluding steroid dienone is 1. The Labute approximate surface area is 526 Å². The topological polar surface area (TPSA) is 187 Å². The molecule has 88 heavy (non-hydrogen) atoms. The van der Waals surface area contributed by atoms with E-state index in [1.807, 2.05) is 20.9 Å². The number of rotatable bonds is 16. The number of aryl methyl sites for hydroxylation is 1. The normalized spacial score (nSPS) is 39.9. The molecule has 2 saturated heterocycles. The number of carbonyl (C=O) groups is 3. The van der Waals surface area contributed by atoms with Gasteiger partial charge in [-0.2, -0.15) is 0 Å². The fraction of sp³-hybridized carbons (Fsp3) is 0.776. The molecule has 484 valence electrons. The van der Waals surface area contributed by atoms with Crippen molar-refractivity contribution in [3.63, 3.8) is 0 Å². The minimum Gasteiger partial charge on any atom is -0.393 e. The van der Waals surface area contributed by atoms with E-state index >= 15 is 14.4 Å². The first-order chi connectivity index (χ1) is 41.8. The summed E-state index contributed by atoms with van der Waals surface area (Å²) in [5.41, 5.74) is 4.84. The third-order valence-corrected chi connectivity index (χ3v) is 27.9. The standard InChI is InChI=1S/C76H111N3O9/c1-12-13-15-20-54-66(85)61-60-53(65(84)67-72(8,73(54,60)9)27-25-57-71(7,29-32-77-11)58(82)40-75(74(57,67)10)28-24-49(80)38-75)43-79-42-52(62-63(79)47(41-78-62)23-26-70(61,6)39-56(81)68-69(4,5)88-68)59-51-36-48(45-18-16-14-17-19-45)37-55(76(86)30-33-87-34-31-76)50(51)35-46(64(59)83)22-21-44(2)3/h36-37,41-42,44-46,49,53-54,56-57,59,65,67-68,77-78,80-81,84,86H,12-35,38-40,43H2,1-11H3. The number of aliphatic hydroxyl groups excluding tert-OH is 3. The molecule has 12 nitrogen and oxygen atoms in total. The van der Waals surface area contributed by atoms with Crippen LogP contribution in [-0.2, 0) is 48.8 Å². The SMILES string of the molecule is CCCCCC1C(=O)C2=C3C(Cn4cc(C5C(=O)C(CCC(C)C)Cc6c5cc(C5CCCCC5)cc6C5(O)CCOCC5)c5[nH]cc(c54)CCC2(C)CC(O)C2OC2(C)C)C(O)C2C(C)(CCC4C(C)(CCNC)C(=O)CC5(CCC(O)C5)C42C)C31C. The minimum atomic E-state index is -1.07. The van der Waals surface area contributed by atoms with Crippen LogP contribution in [0, 0.1) is 68.0 Å². The van der Waals surface area contributed by atoms with Crippen molar-refractivity contribution in [2.45, 2.75) is 277 Å². The number of nitrogens with zero attached hydrogens (tertiary/aromatic N) is 1. The lowest BCUT2D eigenvalue weighted by Gasteiger charge is -2.74. The molecule has 10 aliphatic rings. The smallest absolute Gasteiger partial charge is 0.163 e. The lowest BCUT2D eigenvalue weighted by molar-refractivity contribution is -0.267. The van der Waals surface area contributed by atoms with E-state index in [0.717, 1.165) is 121 Å². The van der Waals surface area contributed by atoms with Crippen molar-refractivity contribution in [1.29, 1.82) is 0 Å². The summed E-state index contributed by atoms with van der Waals surface area (Å²) in [7, 11) is 1.97. The summed E-state index contributed by atoms with van der Waals surface area (Å²) >= 11 is 0. The van der Waals surface area contributed by atoms with Gasteiger partial charge in [0.2, 0.25) is 0 Å². The Hall–Kier alpha value is -3.49. The van der Waals surface area contributed by atoms with Gasteiger partial charge < -0.3 is 44.8 Å². The van der Waals surface area contributed by atoms with E-state index in [-0.39, 0.29) is 41.3 Å². The van der Waals surface area contributed by atoms with Crippen molar-refractivity contribution in [3.8, 4) is 0 Å². The monoisotopic (exact) mass is 1210 g/mol. The molecule has 1 aromatic carbocycles. The molecular formula is C76H111N3O9. The highest BCUT2D eigenvalue weighted by Gasteiger charge is 2.79. The predicted octanol–water partition coefficient (Wildman–Crippen LogP) is 13.4. The zero-order valence-corrected chi connectivity index (χ0v) is 55.8. The van der Waals surface area contributed by atoms with Crippen molar-refractivity contribution in [3.05, 3.63) is 69.1 Å². The number of aromatic amines is 1. The van der Waals surface area contributed by atoms with Gasteiger partial charge in [0.05, 0.1) is 46.5 Å². The highest BCUT2D eigenvalue weighted by molar-refractivity contribution is 6.04. The maximum Gasteiger partial charge on any atom is 0.163 e. The van der Waals surface area contributed by atoms with Gasteiger partial charge in [-0.25, -0.2) is 0 Å². The van der Waals surface area contributed by atoms with E-state index in [1.54, 1.807) is 0 Å². The number of ether oxygens (including phenoxy) is 2. The van der Waals surface area contributed by atoms with Crippen LogP contribution < -0.4 is 5.32 Å². The van der Waals surface area contributed by atoms with Crippen LogP contribution in [0.1, 0.15) is 256 Å². The van der Waals surface area contributed by atoms with Crippen LogP contribution in [0.4, 0.5) is 0 Å². The number of carbonyl (C=O) groups excluding carboxylic acids is 3. The molecule has 7 fully saturated rings. The molecule has 7 aliphatic carbocycles. The summed E-state index contributed by atoms with van der Waals surface area (Å²) < 4.78 is 14.6. The number of epoxide rings is 1. The zero-order chi connectivity index (χ0) is 62.5. The van der Waals surface area contributed by atoms with Crippen LogP contribution in [0.3, 0.4) is 0 Å². The molecule has 0 amide bonds. The molecular weight excluding hydrogens is 1100 g/mol. The third-order valence-electron chi connectivity index (χ3n) is 27.9. The van der Waals surface area contributed by atoms with Crippen molar-refractivity contribution >= 4 is 28.4 Å². The van der Waals surface area contributed by atoms with Gasteiger partial charge in [0, 0.05) is 91.1 Å². The van der Waals surface area contributed by atoms with Gasteiger partial charge in [-0.3, -0.25) is 14.4 Å². The van der Waals surface area contributed by atoms with Gasteiger partial charge in [-0.15, -0.1) is 0 Å². The maximum atomic E-state index is 16.9. The zero-order valence-electron chi connectivity index (χ0n) is 55.8. The van der Waals surface area contributed by atoms with Crippen LogP contribution in [0.25, 0.3) is 11.0 Å². The molecule has 0 bridgehead atoms. The Bertz CT molecular complexity index is 3230. The number of aliphatic hydroxyl groups is 4. The number of H-pyrrole nitrogens is 1. The molecule has 1 spiro atoms. The Morgan fingerprint density at radius 2 is 1.62 bits per heavy atom. The molecule has 5 heterocycles. The van der Waals surface area contributed by atoms with Crippen LogP contribution in [-0.4, -0.2) is 104 Å². The molecule has 16 atom stereocenters. The van der Waals surface area contributed by atoms with Crippen LogP contribution in [0.5, 0.6) is 0 Å². The number of hydrogen-bond acceptors (Lipinski definition) is 10. The second-order valence-corrected chi connectivity index (χ2v) is 33.4. The number of unbranched alkanes of at least 4 members (excludes halogenated alkanes) is 2. The first-order valence-electron chi connectivity index (χ1n) is 35.6. The molecule has 5 saturated carbocycles. The average Bonchev–Trinajstić information content (AvgIpc) is 1.22. The third kappa shape index (κ3) is 9.48. The quantitative estimate of drug-likeness (QED) is 0.0595. The van der Waals surface area contributed by atoms with Gasteiger partial charge in [0.1, 0.15) is 17.7 Å². The van der Waals surface area contributed by atoms with Crippen molar-refractivity contribution in [2.75, 3.05) is 26.8 Å². The molecule has 13 rings (SSSR count). The van der Waals surface area contributed by atoms with Gasteiger partial charge >= 0.3 is 0 Å². The number of fused-ring (bicyclic) bond motifs is 6. The van der Waals surface area contributed by atoms with Crippen LogP contribution in [0.15, 0.2) is 35.7 Å². The second-order valence-electron chi connectivity index (χ2n) is 33.4. The molecule has 6 N–H and O–H groups in total. The fourth-order valence-corrected chi connectivity index (χ4v) is 23.0. The van der Waals surface area contributed by atoms with Gasteiger partial charge in [-0.05, 0) is 196 Å². The fourth-order valence-electron chi connectivity index (χ4n) is 23.0. The second kappa shape index (κ2) is 22.6. The van der Waals surface area contributed by atoms with Gasteiger partial charge in [0.25, 0.3) is 0 Å². The number of benzene rings is 1. The number of ketones is 3. The van der Waals surface area contributed by atoms with E-state index < -0.39 is 73.8 Å². The summed E-state index contributed by atoms with van der Waals surface area (Å²) in [5.74, 6) is -0.686. The first kappa shape index (κ1) is 63.3. The molecule has 2 aromatic heterocycles. The maximum absolute atomic E-state index is 16.9. The Morgan fingerprint density at radius 1 is 0.886 bits per heavy atom. The lowest BCUT2D eigenvalue weighted by atomic mass is 9.29. The Balaban J connectivity index is 1.05. The largest absolute Gasteiger partial charge is 0.393 e. The summed E-state index contributed by atoms with van der Waals surface area (Å²) in [6, 6.07) is 4.75. The lowest BCUT2D eigenvalue weighted by Crippen LogP contribution is -2.73. The van der Waals surface area contributed by atoms with Gasteiger partial charge in [-0.1, -0.05) is 112 Å². The van der Waals surface area contributed by atoms with E-state index in [1.165, 1.54) is 24.8 Å². The summed E-state index contributed by atoms with van der Waals surface area (Å²) in [6.45, 7) is 24.7. The average molecular weight is 1210 g/mol. The number of hydrogen-bond donors (Lipinski definition) is 6. The van der Waals surface area contributed by atoms with Gasteiger partial charge in [0.15, 0.2) is 5.78 Å². The van der Waals surface area contributed by atoms with Crippen LogP contribution in [0.2, 0.25) is 0 Å². The highest BCUT2D eigenvalue weighted by Crippen LogP contribution is 2.81. The molecule has 3 aliphatic heterocycles. The number of Topliss-reactive ketones (excluding diaryl/α,β-unsaturated/α-hetero) is 3. The number of aromatic nitrogens is 2. The molecule has 3 aromatic rings. The molecule has 12 heteroatoms. The summed E-state index contributed by atoms with van der Waals surface area (Å²) in [6.07, 6.45) is 20.5. The Morgan fingerprint density at radius 3 is 2.30 bits per heavy atom. The first-order valence-corrected chi connectivity index (χ1v) is 35.6. The molecule has 16 unspecified atom stereocenters. The number of nitrogens with one attached hydrogen (secondary N) is 2. The van der Waals surface area contributed by atoms with Crippen molar-refractivity contribution in [2.24, 2.45) is 68.0 Å². The molecule has 0 radical (unpaired) electrons. The minimum absolute atomic E-state index is 0.0662. The van der Waals surface area contributed by atoms with E-state index in [2.05, 4.69) is 94.8 Å². The summed E-state index contributed by atoms with van der Waals surface area (Å²) in [4.78, 5) is 52.3. The predicted molar refractivity (Wildman–Crippen MR) is 345 cm³/mol.